The summed E-state index contributed by atoms with van der Waals surface area (Å²) in [6.45, 7) is 6.73. The Hall–Kier alpha value is -3.65. The van der Waals surface area contributed by atoms with Gasteiger partial charge in [-0.3, -0.25) is 14.0 Å². The highest BCUT2D eigenvalue weighted by molar-refractivity contribution is 7.99. The Morgan fingerprint density at radius 2 is 1.71 bits per heavy atom. The number of aryl methyl sites for hydroxylation is 1. The molecule has 4 aromatic rings. The van der Waals surface area contributed by atoms with Crippen LogP contribution >= 0.6 is 11.8 Å². The van der Waals surface area contributed by atoms with Crippen molar-refractivity contribution in [3.05, 3.63) is 89.1 Å². The third-order valence-electron chi connectivity index (χ3n) is 5.40. The highest BCUT2D eigenvalue weighted by Gasteiger charge is 2.13. The molecular weight excluding hydrogens is 446 g/mol. The molecular formula is C26H27N5O2S. The van der Waals surface area contributed by atoms with Gasteiger partial charge in [0.05, 0.1) is 11.3 Å². The Kier molecular flexibility index (Phi) is 7.27. The van der Waals surface area contributed by atoms with Crippen LogP contribution in [-0.2, 0) is 11.3 Å². The van der Waals surface area contributed by atoms with E-state index in [9.17, 15) is 9.59 Å². The van der Waals surface area contributed by atoms with E-state index in [1.54, 1.807) is 22.7 Å². The lowest BCUT2D eigenvalue weighted by Crippen LogP contribution is -2.23. The van der Waals surface area contributed by atoms with Gasteiger partial charge in [0.2, 0.25) is 5.91 Å². The first-order valence-corrected chi connectivity index (χ1v) is 12.1. The maximum Gasteiger partial charge on any atom is 0.253 e. The summed E-state index contributed by atoms with van der Waals surface area (Å²) in [5.74, 6) is 0.299. The topological polar surface area (TPSA) is 88.4 Å². The molecule has 2 aromatic heterocycles. The molecule has 2 N–H and O–H groups in total. The van der Waals surface area contributed by atoms with Crippen molar-refractivity contribution in [2.75, 3.05) is 11.1 Å². The van der Waals surface area contributed by atoms with Gasteiger partial charge in [0.15, 0.2) is 10.8 Å². The summed E-state index contributed by atoms with van der Waals surface area (Å²) in [6, 6.07) is 19.3. The Morgan fingerprint density at radius 3 is 2.41 bits per heavy atom. The number of carbonyl (C=O) groups excluding carboxylic acids is 2. The molecule has 0 radical (unpaired) electrons. The zero-order valence-electron chi connectivity index (χ0n) is 19.4. The fourth-order valence-corrected chi connectivity index (χ4v) is 4.09. The van der Waals surface area contributed by atoms with Crippen molar-refractivity contribution in [1.29, 1.82) is 0 Å². The second-order valence-electron chi connectivity index (χ2n) is 8.41. The summed E-state index contributed by atoms with van der Waals surface area (Å²) >= 11 is 1.27. The van der Waals surface area contributed by atoms with Gasteiger partial charge in [-0.2, -0.15) is 0 Å². The number of thioether (sulfide) groups is 1. The summed E-state index contributed by atoms with van der Waals surface area (Å²) in [7, 11) is 0. The number of fused-ring (bicyclic) bond motifs is 1. The molecule has 0 aliphatic rings. The van der Waals surface area contributed by atoms with E-state index in [0.29, 0.717) is 28.8 Å². The van der Waals surface area contributed by atoms with Gasteiger partial charge in [-0.1, -0.05) is 67.6 Å². The van der Waals surface area contributed by atoms with Gasteiger partial charge in [0.1, 0.15) is 0 Å². The molecule has 0 saturated heterocycles. The molecule has 2 aromatic carbocycles. The van der Waals surface area contributed by atoms with E-state index < -0.39 is 0 Å². The summed E-state index contributed by atoms with van der Waals surface area (Å²) in [5.41, 5.74) is 5.30. The largest absolute Gasteiger partial charge is 0.348 e. The molecule has 0 spiro atoms. The molecule has 174 valence electrons. The Balaban J connectivity index is 1.37. The van der Waals surface area contributed by atoms with E-state index in [4.69, 9.17) is 0 Å². The van der Waals surface area contributed by atoms with Crippen molar-refractivity contribution in [3.63, 3.8) is 0 Å². The quantitative estimate of drug-likeness (QED) is 0.358. The molecule has 0 saturated carbocycles. The number of carbonyl (C=O) groups is 2. The van der Waals surface area contributed by atoms with Gasteiger partial charge in [0.25, 0.3) is 5.91 Å². The second kappa shape index (κ2) is 10.5. The van der Waals surface area contributed by atoms with Gasteiger partial charge in [-0.05, 0) is 48.2 Å². The smallest absolute Gasteiger partial charge is 0.253 e. The number of pyridine rings is 1. The van der Waals surface area contributed by atoms with Crippen molar-refractivity contribution in [2.24, 2.45) is 0 Å². The summed E-state index contributed by atoms with van der Waals surface area (Å²) in [6.07, 6.45) is 1.70. The van der Waals surface area contributed by atoms with E-state index in [2.05, 4.69) is 34.7 Å². The van der Waals surface area contributed by atoms with Crippen molar-refractivity contribution in [2.45, 2.75) is 38.4 Å². The van der Waals surface area contributed by atoms with Gasteiger partial charge >= 0.3 is 0 Å². The number of amides is 2. The van der Waals surface area contributed by atoms with Crippen LogP contribution in [-0.4, -0.2) is 32.2 Å². The van der Waals surface area contributed by atoms with Crippen molar-refractivity contribution in [1.82, 2.24) is 19.9 Å². The van der Waals surface area contributed by atoms with Crippen LogP contribution in [0.1, 0.15) is 46.8 Å². The first-order valence-electron chi connectivity index (χ1n) is 11.1. The van der Waals surface area contributed by atoms with Crippen LogP contribution in [0.4, 0.5) is 5.69 Å². The van der Waals surface area contributed by atoms with Crippen LogP contribution in [0.3, 0.4) is 0 Å². The fourth-order valence-electron chi connectivity index (χ4n) is 3.37. The average molecular weight is 474 g/mol. The number of nitrogens with one attached hydrogen (secondary N) is 2. The highest BCUT2D eigenvalue weighted by atomic mass is 32.2. The molecule has 0 bridgehead atoms. The van der Waals surface area contributed by atoms with E-state index in [1.807, 2.05) is 55.5 Å². The van der Waals surface area contributed by atoms with Gasteiger partial charge in [0, 0.05) is 18.4 Å². The lowest BCUT2D eigenvalue weighted by Gasteiger charge is -2.08. The fraction of sp³-hybridized carbons (Fsp3) is 0.231. The minimum Gasteiger partial charge on any atom is -0.348 e. The number of anilines is 1. The third-order valence-corrected chi connectivity index (χ3v) is 6.34. The predicted molar refractivity (Wildman–Crippen MR) is 135 cm³/mol. The Bertz CT molecular complexity index is 1300. The van der Waals surface area contributed by atoms with Crippen LogP contribution in [0.25, 0.3) is 5.65 Å². The minimum absolute atomic E-state index is 0.133. The first kappa shape index (κ1) is 23.5. The summed E-state index contributed by atoms with van der Waals surface area (Å²) in [4.78, 5) is 25.1. The van der Waals surface area contributed by atoms with Crippen molar-refractivity contribution < 1.29 is 9.59 Å². The molecule has 0 fully saturated rings. The third kappa shape index (κ3) is 5.82. The lowest BCUT2D eigenvalue weighted by molar-refractivity contribution is -0.113. The van der Waals surface area contributed by atoms with Gasteiger partial charge in [-0.25, -0.2) is 0 Å². The van der Waals surface area contributed by atoms with E-state index >= 15 is 0 Å². The zero-order valence-corrected chi connectivity index (χ0v) is 20.2. The number of hydrogen-bond acceptors (Lipinski definition) is 5. The zero-order chi connectivity index (χ0) is 24.1. The maximum absolute atomic E-state index is 12.7. The lowest BCUT2D eigenvalue weighted by atomic mass is 10.0. The monoisotopic (exact) mass is 473 g/mol. The number of hydrogen-bond donors (Lipinski definition) is 2. The van der Waals surface area contributed by atoms with Crippen molar-refractivity contribution in [3.8, 4) is 0 Å². The molecule has 8 heteroatoms. The van der Waals surface area contributed by atoms with E-state index in [0.717, 1.165) is 11.3 Å². The first-order chi connectivity index (χ1) is 16.4. The van der Waals surface area contributed by atoms with Gasteiger partial charge in [-0.15, -0.1) is 10.2 Å². The molecule has 2 heterocycles. The molecule has 0 aliphatic heterocycles. The number of rotatable bonds is 8. The molecule has 4 rings (SSSR count). The number of nitrogens with zero attached hydrogens (tertiary/aromatic N) is 3. The molecule has 0 unspecified atom stereocenters. The number of benzene rings is 2. The van der Waals surface area contributed by atoms with E-state index in [-0.39, 0.29) is 17.6 Å². The van der Waals surface area contributed by atoms with Crippen LogP contribution in [0, 0.1) is 6.92 Å². The summed E-state index contributed by atoms with van der Waals surface area (Å²) in [5, 5.41) is 14.7. The van der Waals surface area contributed by atoms with Gasteiger partial charge < -0.3 is 10.6 Å². The predicted octanol–water partition coefficient (Wildman–Crippen LogP) is 4.82. The van der Waals surface area contributed by atoms with Crippen LogP contribution < -0.4 is 10.6 Å². The second-order valence-corrected chi connectivity index (χ2v) is 9.35. The normalized spacial score (nSPS) is 11.1. The highest BCUT2D eigenvalue weighted by Crippen LogP contribution is 2.20. The van der Waals surface area contributed by atoms with Crippen LogP contribution in [0.2, 0.25) is 0 Å². The minimum atomic E-state index is -0.185. The Labute approximate surface area is 203 Å². The van der Waals surface area contributed by atoms with E-state index in [1.165, 1.54) is 22.9 Å². The average Bonchev–Trinajstić information content (AvgIpc) is 3.25. The molecule has 0 atom stereocenters. The standard InChI is InChI=1S/C26H27N5O2S/c1-17(2)20-8-11-22(12-9-20)28-24(32)16-34-26-30-29-23-13-10-21(15-31(23)26)25(33)27-14-19-6-4-18(3)5-7-19/h4-13,15,17H,14,16H2,1-3H3,(H,27,33)(H,28,32). The maximum atomic E-state index is 12.7. The summed E-state index contributed by atoms with van der Waals surface area (Å²) < 4.78 is 1.73. The molecule has 0 aliphatic carbocycles. The molecule has 7 nitrogen and oxygen atoms in total. The molecule has 2 amide bonds. The van der Waals surface area contributed by atoms with Crippen LogP contribution in [0.15, 0.2) is 72.0 Å². The number of aromatic nitrogens is 3. The Morgan fingerprint density at radius 1 is 0.971 bits per heavy atom. The SMILES string of the molecule is Cc1ccc(CNC(=O)c2ccc3nnc(SCC(=O)Nc4ccc(C(C)C)cc4)n3c2)cc1. The molecule has 34 heavy (non-hydrogen) atoms. The van der Waals surface area contributed by atoms with Crippen LogP contribution in [0.5, 0.6) is 0 Å². The van der Waals surface area contributed by atoms with Crippen molar-refractivity contribution >= 4 is 34.9 Å².